The highest BCUT2D eigenvalue weighted by Gasteiger charge is 2.41. The zero-order valence-electron chi connectivity index (χ0n) is 23.6. The van der Waals surface area contributed by atoms with E-state index in [2.05, 4.69) is 5.32 Å². The minimum atomic E-state index is -1.33. The van der Waals surface area contributed by atoms with Crippen LogP contribution in [0.1, 0.15) is 94.6 Å². The van der Waals surface area contributed by atoms with Crippen LogP contribution in [0.25, 0.3) is 0 Å². The lowest BCUT2D eigenvalue weighted by molar-refractivity contribution is -0.0460. The van der Waals surface area contributed by atoms with Crippen molar-refractivity contribution in [2.24, 2.45) is 17.6 Å². The number of unbranched alkanes of at least 4 members (excludes halogenated alkanes) is 1. The number of halogens is 1. The molecule has 3 rings (SSSR count). The van der Waals surface area contributed by atoms with Crippen LogP contribution in [-0.4, -0.2) is 56.4 Å². The average molecular weight is 522 g/mol. The first-order chi connectivity index (χ1) is 17.8. The third kappa shape index (κ3) is 10.2. The van der Waals surface area contributed by atoms with Crippen molar-refractivity contribution in [1.29, 1.82) is 0 Å². The first kappa shape index (κ1) is 31.5. The Hall–Kier alpha value is -1.70. The van der Waals surface area contributed by atoms with Gasteiger partial charge < -0.3 is 25.8 Å². The Labute approximate surface area is 224 Å². The molecule has 1 aliphatic heterocycles. The molecule has 1 saturated heterocycles. The maximum Gasteiger partial charge on any atom is 0.314 e. The molecule has 1 saturated carbocycles. The maximum atomic E-state index is 14.9. The molecular formula is C30H52FN3O3. The Morgan fingerprint density at radius 1 is 1.16 bits per heavy atom. The van der Waals surface area contributed by atoms with Crippen molar-refractivity contribution < 1.29 is 19.0 Å². The Morgan fingerprint density at radius 2 is 1.89 bits per heavy atom. The second-order valence-electron chi connectivity index (χ2n) is 11.0. The number of nitrogens with two attached hydrogens (primary N) is 1. The number of primary amides is 1. The Morgan fingerprint density at radius 3 is 2.57 bits per heavy atom. The standard InChI is InChI=1S/C20H31FN2O3.C10H21N/c1-15-8-7-10-17(18(15)21)20(25,11-4-6-13-26-2)16-9-3-5-12-23(14-16)19(22)24;1-11-9-5-8-10-6-3-2-4-7-10/h7-8,10,16,25H,3-6,9,11-14H2,1-2H3,(H2,22,24);10-11H,2-9H2,1H3. The number of aryl methyl sites for hydroxylation is 1. The summed E-state index contributed by atoms with van der Waals surface area (Å²) in [5.74, 6) is 0.449. The van der Waals surface area contributed by atoms with Gasteiger partial charge in [0.1, 0.15) is 5.82 Å². The molecule has 212 valence electrons. The summed E-state index contributed by atoms with van der Waals surface area (Å²) < 4.78 is 20.0. The zero-order chi connectivity index (χ0) is 27.1. The van der Waals surface area contributed by atoms with E-state index < -0.39 is 11.6 Å². The van der Waals surface area contributed by atoms with Crippen molar-refractivity contribution in [2.45, 2.75) is 96.0 Å². The van der Waals surface area contributed by atoms with E-state index in [4.69, 9.17) is 10.5 Å². The molecule has 2 unspecified atom stereocenters. The molecule has 0 spiro atoms. The average Bonchev–Trinajstić information content (AvgIpc) is 3.17. The number of ether oxygens (including phenoxy) is 1. The molecule has 4 N–H and O–H groups in total. The highest BCUT2D eigenvalue weighted by molar-refractivity contribution is 5.72. The molecule has 2 amide bonds. The van der Waals surface area contributed by atoms with Gasteiger partial charge in [-0.1, -0.05) is 56.7 Å². The van der Waals surface area contributed by atoms with Crippen LogP contribution in [0, 0.1) is 24.6 Å². The minimum absolute atomic E-state index is 0.253. The molecule has 1 aromatic carbocycles. The van der Waals surface area contributed by atoms with E-state index in [0.29, 0.717) is 43.7 Å². The van der Waals surface area contributed by atoms with Gasteiger partial charge in [0.05, 0.1) is 5.60 Å². The topological polar surface area (TPSA) is 87.8 Å². The van der Waals surface area contributed by atoms with Gasteiger partial charge in [-0.3, -0.25) is 0 Å². The molecule has 2 aliphatic rings. The van der Waals surface area contributed by atoms with Crippen molar-refractivity contribution in [3.8, 4) is 0 Å². The second kappa shape index (κ2) is 17.0. The van der Waals surface area contributed by atoms with E-state index in [1.165, 1.54) is 51.5 Å². The van der Waals surface area contributed by atoms with Gasteiger partial charge in [-0.25, -0.2) is 9.18 Å². The molecule has 0 bridgehead atoms. The number of hydrogen-bond acceptors (Lipinski definition) is 4. The van der Waals surface area contributed by atoms with E-state index in [1.54, 1.807) is 37.1 Å². The number of nitrogens with one attached hydrogen (secondary N) is 1. The summed E-state index contributed by atoms with van der Waals surface area (Å²) in [6.45, 7) is 4.44. The summed E-state index contributed by atoms with van der Waals surface area (Å²) in [7, 11) is 3.68. The Kier molecular flexibility index (Phi) is 14.5. The lowest BCUT2D eigenvalue weighted by atomic mass is 9.75. The highest BCUT2D eigenvalue weighted by Crippen LogP contribution is 2.41. The predicted octanol–water partition coefficient (Wildman–Crippen LogP) is 5.89. The first-order valence-corrected chi connectivity index (χ1v) is 14.5. The zero-order valence-corrected chi connectivity index (χ0v) is 23.6. The lowest BCUT2D eigenvalue weighted by Gasteiger charge is -2.38. The highest BCUT2D eigenvalue weighted by atomic mass is 19.1. The van der Waals surface area contributed by atoms with Crippen LogP contribution in [0.3, 0.4) is 0 Å². The van der Waals surface area contributed by atoms with Gasteiger partial charge in [0, 0.05) is 38.3 Å². The summed E-state index contributed by atoms with van der Waals surface area (Å²) in [6.07, 6.45) is 14.7. The van der Waals surface area contributed by atoms with Crippen molar-refractivity contribution in [1.82, 2.24) is 10.2 Å². The maximum absolute atomic E-state index is 14.9. The monoisotopic (exact) mass is 521 g/mol. The number of amides is 2. The van der Waals surface area contributed by atoms with Crippen LogP contribution in [0.4, 0.5) is 9.18 Å². The van der Waals surface area contributed by atoms with E-state index in [0.717, 1.165) is 31.6 Å². The van der Waals surface area contributed by atoms with Crippen LogP contribution in [-0.2, 0) is 10.3 Å². The van der Waals surface area contributed by atoms with Gasteiger partial charge in [-0.05, 0) is 76.9 Å². The van der Waals surface area contributed by atoms with Crippen LogP contribution in [0.2, 0.25) is 0 Å². The Balaban J connectivity index is 0.000000364. The number of urea groups is 1. The SMILES string of the molecule is CNCCCC1CCCCC1.COCCCCC(O)(c1cccc(C)c1F)C1CCCCN(C(N)=O)C1. The predicted molar refractivity (Wildman–Crippen MR) is 149 cm³/mol. The molecule has 2 fully saturated rings. The van der Waals surface area contributed by atoms with Gasteiger partial charge in [0.2, 0.25) is 0 Å². The number of nitrogens with zero attached hydrogens (tertiary/aromatic N) is 1. The van der Waals surface area contributed by atoms with Crippen molar-refractivity contribution >= 4 is 6.03 Å². The van der Waals surface area contributed by atoms with Crippen molar-refractivity contribution in [2.75, 3.05) is 40.4 Å². The number of carbonyl (C=O) groups is 1. The summed E-state index contributed by atoms with van der Waals surface area (Å²) >= 11 is 0. The molecule has 6 nitrogen and oxygen atoms in total. The number of likely N-dealkylation sites (tertiary alicyclic amines) is 1. The van der Waals surface area contributed by atoms with E-state index in [-0.39, 0.29) is 11.7 Å². The number of carbonyl (C=O) groups excluding carboxylic acids is 1. The number of rotatable bonds is 11. The molecule has 7 heteroatoms. The van der Waals surface area contributed by atoms with Crippen molar-refractivity contribution in [3.63, 3.8) is 0 Å². The van der Waals surface area contributed by atoms with Gasteiger partial charge in [-0.2, -0.15) is 0 Å². The van der Waals surface area contributed by atoms with E-state index in [1.807, 2.05) is 7.05 Å². The first-order valence-electron chi connectivity index (χ1n) is 14.5. The molecule has 0 aromatic heterocycles. The molecule has 1 heterocycles. The third-order valence-corrected chi connectivity index (χ3v) is 8.24. The van der Waals surface area contributed by atoms with Crippen LogP contribution in [0.5, 0.6) is 0 Å². The molecule has 1 aromatic rings. The Bertz CT molecular complexity index is 787. The summed E-state index contributed by atoms with van der Waals surface area (Å²) in [5.41, 5.74) is 5.00. The number of aliphatic hydroxyl groups is 1. The quantitative estimate of drug-likeness (QED) is 0.317. The van der Waals surface area contributed by atoms with Crippen LogP contribution >= 0.6 is 0 Å². The van der Waals surface area contributed by atoms with Crippen LogP contribution < -0.4 is 11.1 Å². The fourth-order valence-corrected chi connectivity index (χ4v) is 5.96. The molecule has 1 aliphatic carbocycles. The van der Waals surface area contributed by atoms with E-state index in [9.17, 15) is 14.3 Å². The summed E-state index contributed by atoms with van der Waals surface area (Å²) in [4.78, 5) is 13.3. The largest absolute Gasteiger partial charge is 0.385 e. The lowest BCUT2D eigenvalue weighted by Crippen LogP contribution is -2.45. The fourth-order valence-electron chi connectivity index (χ4n) is 5.96. The summed E-state index contributed by atoms with van der Waals surface area (Å²) in [5, 5.41) is 14.9. The van der Waals surface area contributed by atoms with E-state index >= 15 is 0 Å². The number of methoxy groups -OCH3 is 1. The summed E-state index contributed by atoms with van der Waals surface area (Å²) in [6, 6.07) is 4.66. The smallest absolute Gasteiger partial charge is 0.314 e. The molecule has 0 radical (unpaired) electrons. The molecule has 37 heavy (non-hydrogen) atoms. The minimum Gasteiger partial charge on any atom is -0.385 e. The molecule has 2 atom stereocenters. The van der Waals surface area contributed by atoms with Crippen LogP contribution in [0.15, 0.2) is 18.2 Å². The number of hydrogen-bond donors (Lipinski definition) is 3. The molecular weight excluding hydrogens is 469 g/mol. The van der Waals surface area contributed by atoms with Crippen molar-refractivity contribution in [3.05, 3.63) is 35.1 Å². The van der Waals surface area contributed by atoms with Gasteiger partial charge in [0.15, 0.2) is 0 Å². The van der Waals surface area contributed by atoms with Gasteiger partial charge in [-0.15, -0.1) is 0 Å². The third-order valence-electron chi connectivity index (χ3n) is 8.24. The second-order valence-corrected chi connectivity index (χ2v) is 11.0. The van der Waals surface area contributed by atoms with Gasteiger partial charge in [0.25, 0.3) is 0 Å². The van der Waals surface area contributed by atoms with Gasteiger partial charge >= 0.3 is 6.03 Å². The normalized spacial score (nSPS) is 20.5. The fraction of sp³-hybridized carbons (Fsp3) is 0.767. The number of benzene rings is 1.